The van der Waals surface area contributed by atoms with Gasteiger partial charge in [-0.2, -0.15) is 13.2 Å². The summed E-state index contributed by atoms with van der Waals surface area (Å²) < 4.78 is 46.4. The van der Waals surface area contributed by atoms with Gasteiger partial charge in [0, 0.05) is 6.54 Å². The SMILES string of the molecule is CCn1c(SCC(=O)Nc2c(Cl)cccc2C(F)(F)F)nnc1-c1ccco1. The minimum Gasteiger partial charge on any atom is -0.461 e. The van der Waals surface area contributed by atoms with Crippen LogP contribution in [0.2, 0.25) is 5.02 Å². The van der Waals surface area contributed by atoms with Crippen LogP contribution >= 0.6 is 23.4 Å². The lowest BCUT2D eigenvalue weighted by Gasteiger charge is -2.15. The van der Waals surface area contributed by atoms with Crippen molar-refractivity contribution in [2.24, 2.45) is 0 Å². The molecule has 148 valence electrons. The fourth-order valence-electron chi connectivity index (χ4n) is 2.46. The molecule has 1 amide bonds. The van der Waals surface area contributed by atoms with E-state index in [9.17, 15) is 18.0 Å². The molecule has 0 unspecified atom stereocenters. The first-order chi connectivity index (χ1) is 13.3. The van der Waals surface area contributed by atoms with Crippen LogP contribution in [0.3, 0.4) is 0 Å². The fourth-order valence-corrected chi connectivity index (χ4v) is 3.49. The Bertz CT molecular complexity index is 973. The number of aromatic nitrogens is 3. The van der Waals surface area contributed by atoms with Gasteiger partial charge >= 0.3 is 6.18 Å². The van der Waals surface area contributed by atoms with Crippen molar-refractivity contribution in [1.82, 2.24) is 14.8 Å². The number of alkyl halides is 3. The maximum Gasteiger partial charge on any atom is 0.418 e. The lowest BCUT2D eigenvalue weighted by Crippen LogP contribution is -2.19. The van der Waals surface area contributed by atoms with E-state index in [-0.39, 0.29) is 10.8 Å². The summed E-state index contributed by atoms with van der Waals surface area (Å²) in [4.78, 5) is 12.2. The second-order valence-electron chi connectivity index (χ2n) is 5.52. The average Bonchev–Trinajstić information content (AvgIpc) is 3.29. The van der Waals surface area contributed by atoms with Gasteiger partial charge in [-0.1, -0.05) is 29.4 Å². The lowest BCUT2D eigenvalue weighted by atomic mass is 10.1. The summed E-state index contributed by atoms with van der Waals surface area (Å²) in [6.07, 6.45) is -3.13. The van der Waals surface area contributed by atoms with Gasteiger partial charge in [0.25, 0.3) is 0 Å². The first-order valence-electron chi connectivity index (χ1n) is 8.06. The zero-order valence-corrected chi connectivity index (χ0v) is 16.0. The number of benzene rings is 1. The number of rotatable bonds is 6. The highest BCUT2D eigenvalue weighted by molar-refractivity contribution is 7.99. The zero-order valence-electron chi connectivity index (χ0n) is 14.5. The summed E-state index contributed by atoms with van der Waals surface area (Å²) >= 11 is 6.89. The number of halogens is 4. The van der Waals surface area contributed by atoms with E-state index in [1.807, 2.05) is 6.92 Å². The van der Waals surface area contributed by atoms with Crippen molar-refractivity contribution in [3.8, 4) is 11.6 Å². The van der Waals surface area contributed by atoms with Crippen molar-refractivity contribution in [2.75, 3.05) is 11.1 Å². The third-order valence-electron chi connectivity index (χ3n) is 3.69. The molecule has 1 aromatic carbocycles. The maximum atomic E-state index is 13.1. The predicted molar refractivity (Wildman–Crippen MR) is 99.2 cm³/mol. The Morgan fingerprint density at radius 3 is 2.71 bits per heavy atom. The van der Waals surface area contributed by atoms with E-state index in [4.69, 9.17) is 16.0 Å². The zero-order chi connectivity index (χ0) is 20.3. The van der Waals surface area contributed by atoms with Gasteiger partial charge in [0.1, 0.15) is 0 Å². The molecule has 0 bridgehead atoms. The molecule has 2 aromatic heterocycles. The first kappa shape index (κ1) is 20.3. The Morgan fingerprint density at radius 2 is 2.07 bits per heavy atom. The smallest absolute Gasteiger partial charge is 0.418 e. The average molecular weight is 431 g/mol. The number of nitrogens with zero attached hydrogens (tertiary/aromatic N) is 3. The summed E-state index contributed by atoms with van der Waals surface area (Å²) in [6.45, 7) is 2.40. The fraction of sp³-hybridized carbons (Fsp3) is 0.235. The van der Waals surface area contributed by atoms with Crippen molar-refractivity contribution in [3.63, 3.8) is 0 Å². The maximum absolute atomic E-state index is 13.1. The standard InChI is InChI=1S/C17H14ClF3N4O2S/c1-2-25-15(12-7-4-8-27-12)23-24-16(25)28-9-13(26)22-14-10(17(19,20)21)5-3-6-11(14)18/h3-8H,2,9H2,1H3,(H,22,26). The number of hydrogen-bond donors (Lipinski definition) is 1. The Hall–Kier alpha value is -2.46. The van der Waals surface area contributed by atoms with Crippen LogP contribution in [0.5, 0.6) is 0 Å². The molecule has 3 aromatic rings. The van der Waals surface area contributed by atoms with Gasteiger partial charge in [0.15, 0.2) is 16.7 Å². The number of amides is 1. The molecule has 0 aliphatic carbocycles. The molecule has 0 spiro atoms. The number of carbonyl (C=O) groups is 1. The van der Waals surface area contributed by atoms with Crippen LogP contribution in [0.15, 0.2) is 46.2 Å². The Kier molecular flexibility index (Phi) is 5.99. The van der Waals surface area contributed by atoms with Crippen molar-refractivity contribution in [3.05, 3.63) is 47.2 Å². The number of para-hydroxylation sites is 1. The van der Waals surface area contributed by atoms with Gasteiger partial charge in [-0.15, -0.1) is 10.2 Å². The molecule has 11 heteroatoms. The summed E-state index contributed by atoms with van der Waals surface area (Å²) in [5.41, 5.74) is -1.47. The Labute approximate surface area is 167 Å². The number of carbonyl (C=O) groups excluding carboxylic acids is 1. The van der Waals surface area contributed by atoms with Crippen LogP contribution in [0.25, 0.3) is 11.6 Å². The Balaban J connectivity index is 1.73. The second-order valence-corrected chi connectivity index (χ2v) is 6.87. The number of nitrogens with one attached hydrogen (secondary N) is 1. The normalized spacial score (nSPS) is 11.6. The van der Waals surface area contributed by atoms with Crippen LogP contribution in [-0.2, 0) is 17.5 Å². The highest BCUT2D eigenvalue weighted by Gasteiger charge is 2.34. The van der Waals surface area contributed by atoms with Crippen molar-refractivity contribution in [1.29, 1.82) is 0 Å². The van der Waals surface area contributed by atoms with E-state index in [0.717, 1.165) is 17.8 Å². The monoisotopic (exact) mass is 430 g/mol. The summed E-state index contributed by atoms with van der Waals surface area (Å²) in [6, 6.07) is 6.76. The molecule has 1 N–H and O–H groups in total. The van der Waals surface area contributed by atoms with Crippen LogP contribution in [-0.4, -0.2) is 26.4 Å². The van der Waals surface area contributed by atoms with Gasteiger partial charge in [0.2, 0.25) is 5.91 Å². The number of anilines is 1. The molecule has 0 radical (unpaired) electrons. The van der Waals surface area contributed by atoms with E-state index in [1.54, 1.807) is 16.7 Å². The quantitative estimate of drug-likeness (QED) is 0.559. The molecule has 6 nitrogen and oxygen atoms in total. The molecule has 3 rings (SSSR count). The topological polar surface area (TPSA) is 73.0 Å². The Morgan fingerprint density at radius 1 is 1.29 bits per heavy atom. The molecular weight excluding hydrogens is 417 g/mol. The molecule has 0 saturated heterocycles. The molecule has 0 fully saturated rings. The molecule has 0 atom stereocenters. The van der Waals surface area contributed by atoms with E-state index in [0.29, 0.717) is 23.3 Å². The van der Waals surface area contributed by atoms with Crippen molar-refractivity contribution >= 4 is 35.0 Å². The van der Waals surface area contributed by atoms with E-state index in [2.05, 4.69) is 15.5 Å². The molecule has 2 heterocycles. The van der Waals surface area contributed by atoms with Crippen LogP contribution in [0, 0.1) is 0 Å². The highest BCUT2D eigenvalue weighted by Crippen LogP contribution is 2.38. The minimum atomic E-state index is -4.64. The third kappa shape index (κ3) is 4.33. The van der Waals surface area contributed by atoms with Gasteiger partial charge < -0.3 is 9.73 Å². The van der Waals surface area contributed by atoms with Gasteiger partial charge in [-0.25, -0.2) is 0 Å². The van der Waals surface area contributed by atoms with Gasteiger partial charge in [-0.3, -0.25) is 9.36 Å². The number of hydrogen-bond acceptors (Lipinski definition) is 5. The minimum absolute atomic E-state index is 0.168. The van der Waals surface area contributed by atoms with Crippen LogP contribution in [0.1, 0.15) is 12.5 Å². The van der Waals surface area contributed by atoms with Gasteiger partial charge in [-0.05, 0) is 31.2 Å². The van der Waals surface area contributed by atoms with Crippen molar-refractivity contribution < 1.29 is 22.4 Å². The first-order valence-corrected chi connectivity index (χ1v) is 9.43. The third-order valence-corrected chi connectivity index (χ3v) is 4.97. The molecule has 0 aliphatic rings. The largest absolute Gasteiger partial charge is 0.461 e. The van der Waals surface area contributed by atoms with E-state index >= 15 is 0 Å². The predicted octanol–water partition coefficient (Wildman–Crippen LogP) is 4.96. The number of thioether (sulfide) groups is 1. The summed E-state index contributed by atoms with van der Waals surface area (Å²) in [7, 11) is 0. The van der Waals surface area contributed by atoms with Crippen LogP contribution < -0.4 is 5.32 Å². The van der Waals surface area contributed by atoms with Gasteiger partial charge in [0.05, 0.1) is 28.3 Å². The van der Waals surface area contributed by atoms with Crippen LogP contribution in [0.4, 0.5) is 18.9 Å². The van der Waals surface area contributed by atoms with E-state index in [1.165, 1.54) is 18.4 Å². The molecule has 0 saturated carbocycles. The summed E-state index contributed by atoms with van der Waals surface area (Å²) in [5, 5.41) is 10.6. The van der Waals surface area contributed by atoms with E-state index < -0.39 is 23.3 Å². The molecular formula is C17H14ClF3N4O2S. The van der Waals surface area contributed by atoms with Crippen molar-refractivity contribution in [2.45, 2.75) is 24.8 Å². The number of furan rings is 1. The summed E-state index contributed by atoms with van der Waals surface area (Å²) in [5.74, 6) is 0.213. The molecule has 0 aliphatic heterocycles. The second kappa shape index (κ2) is 8.27. The molecule has 28 heavy (non-hydrogen) atoms. The highest BCUT2D eigenvalue weighted by atomic mass is 35.5. The lowest BCUT2D eigenvalue weighted by molar-refractivity contribution is -0.137.